The molecule has 4 heteroatoms. The highest BCUT2D eigenvalue weighted by Gasteiger charge is 2.24. The van der Waals surface area contributed by atoms with Crippen LogP contribution in [0.15, 0.2) is 30.3 Å². The van der Waals surface area contributed by atoms with E-state index in [0.29, 0.717) is 12.6 Å². The second-order valence-electron chi connectivity index (χ2n) is 6.63. The summed E-state index contributed by atoms with van der Waals surface area (Å²) in [5, 5.41) is 4.50. The number of aromatic nitrogens is 2. The minimum absolute atomic E-state index is 0.160. The van der Waals surface area contributed by atoms with Gasteiger partial charge in [-0.05, 0) is 63.8 Å². The van der Waals surface area contributed by atoms with Gasteiger partial charge in [-0.3, -0.25) is 9.48 Å². The molecule has 0 N–H and O–H groups in total. The molecule has 0 saturated carbocycles. The van der Waals surface area contributed by atoms with E-state index in [0.717, 1.165) is 41.9 Å². The van der Waals surface area contributed by atoms with E-state index in [1.165, 1.54) is 6.42 Å². The molecule has 0 bridgehead atoms. The molecule has 0 unspecified atom stereocenters. The minimum Gasteiger partial charge on any atom is -0.336 e. The van der Waals surface area contributed by atoms with Crippen LogP contribution in [0, 0.1) is 13.8 Å². The van der Waals surface area contributed by atoms with Gasteiger partial charge in [0.25, 0.3) is 5.91 Å². The van der Waals surface area contributed by atoms with Crippen molar-refractivity contribution in [2.45, 2.75) is 52.6 Å². The summed E-state index contributed by atoms with van der Waals surface area (Å²) < 4.78 is 1.99. The Morgan fingerprint density at radius 1 is 1.26 bits per heavy atom. The highest BCUT2D eigenvalue weighted by molar-refractivity contribution is 5.94. The van der Waals surface area contributed by atoms with Crippen molar-refractivity contribution >= 4 is 5.91 Å². The summed E-state index contributed by atoms with van der Waals surface area (Å²) in [5.74, 6) is 0.160. The Morgan fingerprint density at radius 2 is 2.09 bits per heavy atom. The fraction of sp³-hybridized carbons (Fsp3) is 0.474. The third kappa shape index (κ3) is 3.46. The molecule has 0 spiro atoms. The Kier molecular flexibility index (Phi) is 4.51. The number of carbonyl (C=O) groups is 1. The molecule has 4 nitrogen and oxygen atoms in total. The van der Waals surface area contributed by atoms with Gasteiger partial charge < -0.3 is 4.90 Å². The fourth-order valence-electron chi connectivity index (χ4n) is 3.38. The van der Waals surface area contributed by atoms with Crippen LogP contribution in [0.5, 0.6) is 0 Å². The van der Waals surface area contributed by atoms with E-state index in [1.807, 2.05) is 34.7 Å². The van der Waals surface area contributed by atoms with Gasteiger partial charge in [0.1, 0.15) is 0 Å². The van der Waals surface area contributed by atoms with Crippen molar-refractivity contribution in [3.63, 3.8) is 0 Å². The van der Waals surface area contributed by atoms with Crippen LogP contribution in [0.4, 0.5) is 0 Å². The Hall–Kier alpha value is -2.10. The molecule has 1 saturated heterocycles. The zero-order valence-electron chi connectivity index (χ0n) is 14.2. The molecule has 122 valence electrons. The summed E-state index contributed by atoms with van der Waals surface area (Å²) in [6, 6.07) is 10.4. The molecule has 1 fully saturated rings. The summed E-state index contributed by atoms with van der Waals surface area (Å²) in [6.07, 6.45) is 3.45. The fourth-order valence-corrected chi connectivity index (χ4v) is 3.38. The number of hydrogen-bond acceptors (Lipinski definition) is 2. The zero-order valence-corrected chi connectivity index (χ0v) is 14.2. The van der Waals surface area contributed by atoms with Crippen molar-refractivity contribution in [2.75, 3.05) is 6.54 Å². The highest BCUT2D eigenvalue weighted by atomic mass is 16.2. The maximum Gasteiger partial charge on any atom is 0.254 e. The maximum absolute atomic E-state index is 12.8. The quantitative estimate of drug-likeness (QED) is 0.869. The first-order valence-electron chi connectivity index (χ1n) is 8.45. The Bertz CT molecular complexity index is 704. The van der Waals surface area contributed by atoms with E-state index >= 15 is 0 Å². The molecule has 1 aromatic carbocycles. The van der Waals surface area contributed by atoms with Crippen molar-refractivity contribution in [3.05, 3.63) is 52.8 Å². The van der Waals surface area contributed by atoms with Crippen LogP contribution in [0.1, 0.15) is 53.5 Å². The normalized spacial score (nSPS) is 18.2. The standard InChI is InChI=1S/C19H25N3O/c1-14-11-16(3)22(20-14)13-17-8-6-9-18(12-17)19(23)21-10-5-4-7-15(21)2/h6,8-9,11-12,15H,4-5,7,10,13H2,1-3H3/t15-/m1/s1. The number of carbonyl (C=O) groups excluding carboxylic acids is 1. The largest absolute Gasteiger partial charge is 0.336 e. The van der Waals surface area contributed by atoms with Gasteiger partial charge >= 0.3 is 0 Å². The van der Waals surface area contributed by atoms with Crippen molar-refractivity contribution < 1.29 is 4.79 Å². The molecule has 2 heterocycles. The van der Waals surface area contributed by atoms with E-state index < -0.39 is 0 Å². The number of rotatable bonds is 3. The summed E-state index contributed by atoms with van der Waals surface area (Å²) in [4.78, 5) is 14.8. The smallest absolute Gasteiger partial charge is 0.254 e. The predicted octanol–water partition coefficient (Wildman–Crippen LogP) is 3.56. The van der Waals surface area contributed by atoms with Crippen LogP contribution in [-0.4, -0.2) is 33.2 Å². The summed E-state index contributed by atoms with van der Waals surface area (Å²) >= 11 is 0. The number of amides is 1. The van der Waals surface area contributed by atoms with E-state index in [2.05, 4.69) is 31.1 Å². The van der Waals surface area contributed by atoms with Crippen molar-refractivity contribution in [1.29, 1.82) is 0 Å². The Labute approximate surface area is 138 Å². The lowest BCUT2D eigenvalue weighted by atomic mass is 10.0. The van der Waals surface area contributed by atoms with Gasteiger partial charge in [0.05, 0.1) is 12.2 Å². The molecule has 1 aliphatic rings. The van der Waals surface area contributed by atoms with Gasteiger partial charge in [-0.2, -0.15) is 5.10 Å². The minimum atomic E-state index is 0.160. The number of hydrogen-bond donors (Lipinski definition) is 0. The Balaban J connectivity index is 1.79. The lowest BCUT2D eigenvalue weighted by molar-refractivity contribution is 0.0635. The molecular formula is C19H25N3O. The summed E-state index contributed by atoms with van der Waals surface area (Å²) in [5.41, 5.74) is 4.07. The number of benzene rings is 1. The monoisotopic (exact) mass is 311 g/mol. The van der Waals surface area contributed by atoms with Crippen LogP contribution >= 0.6 is 0 Å². The molecule has 1 aromatic heterocycles. The van der Waals surface area contributed by atoms with Gasteiger partial charge in [0.2, 0.25) is 0 Å². The molecule has 1 atom stereocenters. The predicted molar refractivity (Wildman–Crippen MR) is 91.6 cm³/mol. The topological polar surface area (TPSA) is 38.1 Å². The number of aryl methyl sites for hydroxylation is 2. The first-order valence-corrected chi connectivity index (χ1v) is 8.45. The van der Waals surface area contributed by atoms with Crippen LogP contribution in [0.3, 0.4) is 0 Å². The van der Waals surface area contributed by atoms with Gasteiger partial charge in [-0.15, -0.1) is 0 Å². The van der Waals surface area contributed by atoms with Gasteiger partial charge in [-0.25, -0.2) is 0 Å². The highest BCUT2D eigenvalue weighted by Crippen LogP contribution is 2.20. The molecule has 23 heavy (non-hydrogen) atoms. The summed E-state index contributed by atoms with van der Waals surface area (Å²) in [6.45, 7) is 7.79. The van der Waals surface area contributed by atoms with Crippen molar-refractivity contribution in [3.8, 4) is 0 Å². The van der Waals surface area contributed by atoms with Crippen molar-refractivity contribution in [2.24, 2.45) is 0 Å². The molecule has 0 aliphatic carbocycles. The average Bonchev–Trinajstić information content (AvgIpc) is 2.85. The van der Waals surface area contributed by atoms with Crippen LogP contribution in [0.25, 0.3) is 0 Å². The lowest BCUT2D eigenvalue weighted by Gasteiger charge is -2.33. The van der Waals surface area contributed by atoms with Crippen LogP contribution in [-0.2, 0) is 6.54 Å². The second-order valence-corrected chi connectivity index (χ2v) is 6.63. The van der Waals surface area contributed by atoms with E-state index in [9.17, 15) is 4.79 Å². The summed E-state index contributed by atoms with van der Waals surface area (Å²) in [7, 11) is 0. The SMILES string of the molecule is Cc1cc(C)n(Cc2cccc(C(=O)N3CCCC[C@H]3C)c2)n1. The van der Waals surface area contributed by atoms with Crippen LogP contribution in [0.2, 0.25) is 0 Å². The van der Waals surface area contributed by atoms with E-state index in [1.54, 1.807) is 0 Å². The lowest BCUT2D eigenvalue weighted by Crippen LogP contribution is -2.42. The van der Waals surface area contributed by atoms with E-state index in [-0.39, 0.29) is 5.91 Å². The average molecular weight is 311 g/mol. The first-order chi connectivity index (χ1) is 11.0. The molecule has 3 rings (SSSR count). The molecule has 1 aliphatic heterocycles. The second kappa shape index (κ2) is 6.57. The van der Waals surface area contributed by atoms with Crippen LogP contribution < -0.4 is 0 Å². The van der Waals surface area contributed by atoms with Gasteiger partial charge in [-0.1, -0.05) is 12.1 Å². The number of piperidine rings is 1. The molecule has 0 radical (unpaired) electrons. The molecule has 2 aromatic rings. The maximum atomic E-state index is 12.8. The number of nitrogens with zero attached hydrogens (tertiary/aromatic N) is 3. The third-order valence-electron chi connectivity index (χ3n) is 4.67. The van der Waals surface area contributed by atoms with E-state index in [4.69, 9.17) is 0 Å². The third-order valence-corrected chi connectivity index (χ3v) is 4.67. The number of likely N-dealkylation sites (tertiary alicyclic amines) is 1. The van der Waals surface area contributed by atoms with Gasteiger partial charge in [0, 0.05) is 23.8 Å². The molecule has 1 amide bonds. The first kappa shape index (κ1) is 15.8. The Morgan fingerprint density at radius 3 is 2.78 bits per heavy atom. The zero-order chi connectivity index (χ0) is 16.4. The molecular weight excluding hydrogens is 286 g/mol. The van der Waals surface area contributed by atoms with Crippen molar-refractivity contribution in [1.82, 2.24) is 14.7 Å². The van der Waals surface area contributed by atoms with Gasteiger partial charge in [0.15, 0.2) is 0 Å².